The number of halogens is 1. The van der Waals surface area contributed by atoms with E-state index in [0.717, 1.165) is 0 Å². The van der Waals surface area contributed by atoms with Gasteiger partial charge in [0, 0.05) is 6.92 Å². The van der Waals surface area contributed by atoms with Crippen molar-refractivity contribution in [3.8, 4) is 11.5 Å². The Kier molecular flexibility index (Phi) is 7.15. The van der Waals surface area contributed by atoms with Crippen LogP contribution in [0.2, 0.25) is 5.02 Å². The van der Waals surface area contributed by atoms with Crippen LogP contribution in [-0.4, -0.2) is 30.2 Å². The number of benzene rings is 1. The number of carboxylic acids is 1. The number of hydrogen-bond acceptors (Lipinski definition) is 4. The normalized spacial score (nSPS) is 10.8. The van der Waals surface area contributed by atoms with Gasteiger partial charge in [-0.2, -0.15) is 0 Å². The van der Waals surface area contributed by atoms with E-state index in [1.807, 2.05) is 0 Å². The molecule has 0 heterocycles. The highest BCUT2D eigenvalue weighted by Gasteiger charge is 2.14. The van der Waals surface area contributed by atoms with Crippen molar-refractivity contribution in [3.05, 3.63) is 41.1 Å². The maximum absolute atomic E-state index is 11.2. The number of ether oxygens (including phenoxy) is 2. The van der Waals surface area contributed by atoms with Crippen molar-refractivity contribution in [3.63, 3.8) is 0 Å². The Morgan fingerprint density at radius 1 is 1.39 bits per heavy atom. The number of carboxylic acid groups (broad SMARTS) is 1. The molecule has 0 atom stereocenters. The van der Waals surface area contributed by atoms with E-state index in [0.29, 0.717) is 23.7 Å². The Hall–Kier alpha value is -2.47. The Bertz CT molecular complexity index is 640. The monoisotopic (exact) mass is 339 g/mol. The van der Waals surface area contributed by atoms with Crippen LogP contribution in [0.1, 0.15) is 19.4 Å². The number of carbonyl (C=O) groups is 2. The van der Waals surface area contributed by atoms with Crippen LogP contribution >= 0.6 is 11.6 Å². The van der Waals surface area contributed by atoms with Gasteiger partial charge in [-0.05, 0) is 30.7 Å². The molecule has 23 heavy (non-hydrogen) atoms. The molecule has 1 amide bonds. The molecule has 0 aromatic heterocycles. The highest BCUT2D eigenvalue weighted by molar-refractivity contribution is 6.32. The van der Waals surface area contributed by atoms with E-state index in [1.165, 1.54) is 19.1 Å². The molecule has 2 N–H and O–H groups in total. The van der Waals surface area contributed by atoms with Crippen molar-refractivity contribution in [1.82, 2.24) is 5.32 Å². The van der Waals surface area contributed by atoms with Crippen LogP contribution in [0.3, 0.4) is 0 Å². The van der Waals surface area contributed by atoms with Crippen LogP contribution in [0.15, 0.2) is 30.5 Å². The zero-order valence-electron chi connectivity index (χ0n) is 12.9. The minimum atomic E-state index is -1.26. The Balaban J connectivity index is 3.28. The molecule has 1 aromatic carbocycles. The second-order valence-corrected chi connectivity index (χ2v) is 4.81. The van der Waals surface area contributed by atoms with Crippen molar-refractivity contribution in [2.24, 2.45) is 0 Å². The maximum Gasteiger partial charge on any atom is 0.352 e. The zero-order chi connectivity index (χ0) is 17.4. The molecule has 0 unspecified atom stereocenters. The Morgan fingerprint density at radius 3 is 2.61 bits per heavy atom. The fraction of sp³-hybridized carbons (Fsp3) is 0.250. The van der Waals surface area contributed by atoms with Gasteiger partial charge in [0.25, 0.3) is 0 Å². The zero-order valence-corrected chi connectivity index (χ0v) is 13.6. The fourth-order valence-electron chi connectivity index (χ4n) is 1.72. The van der Waals surface area contributed by atoms with E-state index in [1.54, 1.807) is 19.1 Å². The summed E-state index contributed by atoms with van der Waals surface area (Å²) in [4.78, 5) is 22.2. The molecule has 0 radical (unpaired) electrons. The SMILES string of the molecule is C=CCOc1c(Cl)cc(/C=C(/NC(C)=O)C(=O)O)cc1OCC. The number of nitrogens with one attached hydrogen (secondary N) is 1. The van der Waals surface area contributed by atoms with Crippen molar-refractivity contribution in [1.29, 1.82) is 0 Å². The van der Waals surface area contributed by atoms with Crippen molar-refractivity contribution < 1.29 is 24.2 Å². The first-order valence-electron chi connectivity index (χ1n) is 6.81. The summed E-state index contributed by atoms with van der Waals surface area (Å²) in [6.45, 7) is 7.22. The first-order valence-corrected chi connectivity index (χ1v) is 7.19. The van der Waals surface area contributed by atoms with E-state index in [-0.39, 0.29) is 17.3 Å². The molecule has 1 aromatic rings. The summed E-state index contributed by atoms with van der Waals surface area (Å²) in [5, 5.41) is 11.6. The first kappa shape index (κ1) is 18.6. The molecule has 1 rings (SSSR count). The standard InChI is InChI=1S/C16H18ClNO5/c1-4-6-23-15-12(17)7-11(9-14(15)22-5-2)8-13(16(20)21)18-10(3)19/h4,7-9H,1,5-6H2,2-3H3,(H,18,19)(H,20,21)/b13-8+. The molecular weight excluding hydrogens is 322 g/mol. The molecular formula is C16H18ClNO5. The molecule has 0 saturated heterocycles. The molecule has 0 fully saturated rings. The lowest BCUT2D eigenvalue weighted by Gasteiger charge is -2.14. The fourth-order valence-corrected chi connectivity index (χ4v) is 2.00. The quantitative estimate of drug-likeness (QED) is 0.562. The van der Waals surface area contributed by atoms with Crippen LogP contribution in [0, 0.1) is 0 Å². The highest BCUT2D eigenvalue weighted by Crippen LogP contribution is 2.37. The lowest BCUT2D eigenvalue weighted by Crippen LogP contribution is -2.24. The van der Waals surface area contributed by atoms with Gasteiger partial charge in [-0.25, -0.2) is 4.79 Å². The third kappa shape index (κ3) is 5.67. The number of carbonyl (C=O) groups excluding carboxylic acids is 1. The number of rotatable bonds is 8. The minimum Gasteiger partial charge on any atom is -0.490 e. The van der Waals surface area contributed by atoms with E-state index in [2.05, 4.69) is 11.9 Å². The lowest BCUT2D eigenvalue weighted by atomic mass is 10.1. The number of hydrogen-bond donors (Lipinski definition) is 2. The summed E-state index contributed by atoms with van der Waals surface area (Å²) in [6, 6.07) is 3.10. The van der Waals surface area contributed by atoms with Gasteiger partial charge in [-0.15, -0.1) is 0 Å². The molecule has 124 valence electrons. The average Bonchev–Trinajstić information content (AvgIpc) is 2.45. The van der Waals surface area contributed by atoms with Crippen LogP contribution in [0.5, 0.6) is 11.5 Å². The van der Waals surface area contributed by atoms with Gasteiger partial charge in [0.15, 0.2) is 11.5 Å². The first-order chi connectivity index (χ1) is 10.9. The van der Waals surface area contributed by atoms with Crippen molar-refractivity contribution >= 4 is 29.6 Å². The van der Waals surface area contributed by atoms with Crippen LogP contribution in [0.4, 0.5) is 0 Å². The highest BCUT2D eigenvalue weighted by atomic mass is 35.5. The number of amides is 1. The van der Waals surface area contributed by atoms with Crippen LogP contribution in [-0.2, 0) is 9.59 Å². The van der Waals surface area contributed by atoms with Gasteiger partial charge in [0.1, 0.15) is 12.3 Å². The van der Waals surface area contributed by atoms with E-state index in [4.69, 9.17) is 26.2 Å². The van der Waals surface area contributed by atoms with Crippen LogP contribution in [0.25, 0.3) is 6.08 Å². The van der Waals surface area contributed by atoms with E-state index >= 15 is 0 Å². The molecule has 0 bridgehead atoms. The number of aliphatic carboxylic acids is 1. The molecule has 6 nitrogen and oxygen atoms in total. The minimum absolute atomic E-state index is 0.251. The molecule has 0 aliphatic carbocycles. The third-order valence-corrected chi connectivity index (χ3v) is 2.81. The molecule has 0 saturated carbocycles. The van der Waals surface area contributed by atoms with Crippen LogP contribution < -0.4 is 14.8 Å². The summed E-state index contributed by atoms with van der Waals surface area (Å²) in [5.74, 6) is -1.02. The van der Waals surface area contributed by atoms with Gasteiger partial charge in [-0.3, -0.25) is 4.79 Å². The second kappa shape index (κ2) is 8.85. The predicted molar refractivity (Wildman–Crippen MR) is 87.7 cm³/mol. The average molecular weight is 340 g/mol. The Morgan fingerprint density at radius 2 is 2.09 bits per heavy atom. The molecule has 0 aliphatic rings. The van der Waals surface area contributed by atoms with E-state index < -0.39 is 11.9 Å². The Labute approximate surface area is 139 Å². The van der Waals surface area contributed by atoms with Gasteiger partial charge >= 0.3 is 5.97 Å². The van der Waals surface area contributed by atoms with Gasteiger partial charge in [0.05, 0.1) is 11.6 Å². The van der Waals surface area contributed by atoms with E-state index in [9.17, 15) is 9.59 Å². The molecule has 0 spiro atoms. The summed E-state index contributed by atoms with van der Waals surface area (Å²) >= 11 is 6.17. The summed E-state index contributed by atoms with van der Waals surface area (Å²) < 4.78 is 10.9. The topological polar surface area (TPSA) is 84.9 Å². The van der Waals surface area contributed by atoms with Gasteiger partial charge < -0.3 is 19.9 Å². The summed E-state index contributed by atoms with van der Waals surface area (Å²) in [7, 11) is 0. The maximum atomic E-state index is 11.2. The molecule has 0 aliphatic heterocycles. The van der Waals surface area contributed by atoms with Gasteiger partial charge in [-0.1, -0.05) is 24.3 Å². The second-order valence-electron chi connectivity index (χ2n) is 4.41. The van der Waals surface area contributed by atoms with Crippen molar-refractivity contribution in [2.45, 2.75) is 13.8 Å². The third-order valence-electron chi connectivity index (χ3n) is 2.53. The molecule has 7 heteroatoms. The van der Waals surface area contributed by atoms with Gasteiger partial charge in [0.2, 0.25) is 5.91 Å². The largest absolute Gasteiger partial charge is 0.490 e. The lowest BCUT2D eigenvalue weighted by molar-refractivity contribution is -0.134. The summed E-state index contributed by atoms with van der Waals surface area (Å²) in [6.07, 6.45) is 2.86. The summed E-state index contributed by atoms with van der Waals surface area (Å²) in [5.41, 5.74) is 0.186. The predicted octanol–water partition coefficient (Wildman–Crippen LogP) is 2.87. The van der Waals surface area contributed by atoms with Crippen molar-refractivity contribution in [2.75, 3.05) is 13.2 Å². The smallest absolute Gasteiger partial charge is 0.352 e.